The van der Waals surface area contributed by atoms with Crippen molar-refractivity contribution in [2.24, 2.45) is 5.92 Å². The van der Waals surface area contributed by atoms with Crippen LogP contribution in [0.5, 0.6) is 0 Å². The fourth-order valence-corrected chi connectivity index (χ4v) is 3.03. The minimum atomic E-state index is 0.875. The second-order valence-electron chi connectivity index (χ2n) is 5.78. The summed E-state index contributed by atoms with van der Waals surface area (Å²) >= 11 is 4.23. The maximum absolute atomic E-state index is 5.81. The first-order valence-electron chi connectivity index (χ1n) is 8.12. The molecule has 0 heterocycles. The van der Waals surface area contributed by atoms with Gasteiger partial charge in [0.2, 0.25) is 0 Å². The van der Waals surface area contributed by atoms with Gasteiger partial charge in [-0.05, 0) is 37.4 Å². The third-order valence-electron chi connectivity index (χ3n) is 4.03. The van der Waals surface area contributed by atoms with Crippen molar-refractivity contribution < 1.29 is 4.74 Å². The van der Waals surface area contributed by atoms with Crippen LogP contribution in [0.15, 0.2) is 0 Å². The summed E-state index contributed by atoms with van der Waals surface area (Å²) in [6.45, 7) is 2.02. The van der Waals surface area contributed by atoms with Crippen molar-refractivity contribution in [2.75, 3.05) is 19.0 Å². The van der Waals surface area contributed by atoms with Gasteiger partial charge in [-0.25, -0.2) is 0 Å². The van der Waals surface area contributed by atoms with Crippen LogP contribution in [0.25, 0.3) is 0 Å². The van der Waals surface area contributed by atoms with Crippen LogP contribution in [0.1, 0.15) is 77.0 Å². The van der Waals surface area contributed by atoms with E-state index in [1.165, 1.54) is 77.0 Å². The van der Waals surface area contributed by atoms with Gasteiger partial charge < -0.3 is 4.74 Å². The first-order chi connectivity index (χ1) is 8.93. The van der Waals surface area contributed by atoms with Crippen molar-refractivity contribution >= 4 is 12.6 Å². The Morgan fingerprint density at radius 2 is 1.39 bits per heavy atom. The summed E-state index contributed by atoms with van der Waals surface area (Å²) in [5.74, 6) is 1.93. The number of hydrogen-bond donors (Lipinski definition) is 1. The normalized spacial score (nSPS) is 17.2. The highest BCUT2D eigenvalue weighted by atomic mass is 32.1. The van der Waals surface area contributed by atoms with Gasteiger partial charge in [0.25, 0.3) is 0 Å². The molecule has 0 saturated heterocycles. The molecule has 0 aromatic carbocycles. The highest BCUT2D eigenvalue weighted by Crippen LogP contribution is 2.23. The summed E-state index contributed by atoms with van der Waals surface area (Å²) in [5, 5.41) is 0. The summed E-state index contributed by atoms with van der Waals surface area (Å²) in [6, 6.07) is 0. The summed E-state index contributed by atoms with van der Waals surface area (Å²) in [6.07, 6.45) is 16.6. The fourth-order valence-electron chi connectivity index (χ4n) is 2.80. The molecule has 1 rings (SSSR count). The van der Waals surface area contributed by atoms with Gasteiger partial charge >= 0.3 is 0 Å². The lowest BCUT2D eigenvalue weighted by atomic mass is 9.90. The Morgan fingerprint density at radius 1 is 0.778 bits per heavy atom. The lowest BCUT2D eigenvalue weighted by Gasteiger charge is -2.21. The van der Waals surface area contributed by atoms with Gasteiger partial charge in [-0.1, -0.05) is 51.4 Å². The Morgan fingerprint density at radius 3 is 2.06 bits per heavy atom. The zero-order chi connectivity index (χ0) is 12.9. The molecule has 0 radical (unpaired) electrons. The zero-order valence-corrected chi connectivity index (χ0v) is 12.9. The first-order valence-corrected chi connectivity index (χ1v) is 8.75. The summed E-state index contributed by atoms with van der Waals surface area (Å²) in [7, 11) is 0. The van der Waals surface area contributed by atoms with Gasteiger partial charge in [0.15, 0.2) is 0 Å². The minimum absolute atomic E-state index is 0.875. The van der Waals surface area contributed by atoms with Crippen LogP contribution >= 0.6 is 12.6 Å². The van der Waals surface area contributed by atoms with Crippen molar-refractivity contribution in [3.05, 3.63) is 0 Å². The summed E-state index contributed by atoms with van der Waals surface area (Å²) < 4.78 is 5.81. The highest BCUT2D eigenvalue weighted by molar-refractivity contribution is 7.80. The van der Waals surface area contributed by atoms with Crippen molar-refractivity contribution in [2.45, 2.75) is 77.0 Å². The SMILES string of the molecule is SCCCCCCCCCOCC1CCCCC1. The molecule has 2 heteroatoms. The fraction of sp³-hybridized carbons (Fsp3) is 1.00. The third kappa shape index (κ3) is 9.27. The molecule has 0 N–H and O–H groups in total. The topological polar surface area (TPSA) is 9.23 Å². The smallest absolute Gasteiger partial charge is 0.0494 e. The van der Waals surface area contributed by atoms with E-state index in [2.05, 4.69) is 12.6 Å². The largest absolute Gasteiger partial charge is 0.381 e. The van der Waals surface area contributed by atoms with Crippen molar-refractivity contribution in [3.8, 4) is 0 Å². The van der Waals surface area contributed by atoms with Gasteiger partial charge in [-0.15, -0.1) is 0 Å². The van der Waals surface area contributed by atoms with Crippen LogP contribution in [-0.2, 0) is 4.74 Å². The Balaban J connectivity index is 1.73. The predicted octanol–water partition coefficient (Wildman–Crippen LogP) is 5.24. The average molecular weight is 272 g/mol. The van der Waals surface area contributed by atoms with Crippen molar-refractivity contribution in [1.82, 2.24) is 0 Å². The lowest BCUT2D eigenvalue weighted by molar-refractivity contribution is 0.0824. The molecule has 0 atom stereocenters. The zero-order valence-electron chi connectivity index (χ0n) is 12.0. The van der Waals surface area contributed by atoms with Crippen LogP contribution in [0.2, 0.25) is 0 Å². The molecular weight excluding hydrogens is 240 g/mol. The Kier molecular flexibility index (Phi) is 11.2. The second-order valence-corrected chi connectivity index (χ2v) is 6.22. The molecule has 1 fully saturated rings. The maximum Gasteiger partial charge on any atom is 0.0494 e. The molecular formula is C16H32OS. The van der Waals surface area contributed by atoms with E-state index < -0.39 is 0 Å². The van der Waals surface area contributed by atoms with Gasteiger partial charge in [0.05, 0.1) is 0 Å². The minimum Gasteiger partial charge on any atom is -0.381 e. The molecule has 0 aliphatic heterocycles. The van der Waals surface area contributed by atoms with Crippen LogP contribution in [0.4, 0.5) is 0 Å². The molecule has 0 aromatic heterocycles. The Labute approximate surface area is 119 Å². The van der Waals surface area contributed by atoms with E-state index >= 15 is 0 Å². The molecule has 1 aliphatic rings. The number of ether oxygens (including phenoxy) is 1. The predicted molar refractivity (Wildman–Crippen MR) is 83.6 cm³/mol. The standard InChI is InChI=1S/C16H32OS/c18-14-10-5-3-1-2-4-9-13-17-15-16-11-7-6-8-12-16/h16,18H,1-15H2. The van der Waals surface area contributed by atoms with Crippen molar-refractivity contribution in [3.63, 3.8) is 0 Å². The third-order valence-corrected chi connectivity index (χ3v) is 4.34. The second kappa shape index (κ2) is 12.3. The first kappa shape index (κ1) is 16.4. The van der Waals surface area contributed by atoms with Crippen LogP contribution in [0, 0.1) is 5.92 Å². The van der Waals surface area contributed by atoms with Gasteiger partial charge in [-0.2, -0.15) is 12.6 Å². The van der Waals surface area contributed by atoms with Crippen LogP contribution in [0.3, 0.4) is 0 Å². The Bertz CT molecular complexity index is 166. The molecule has 1 aliphatic carbocycles. The van der Waals surface area contributed by atoms with E-state index in [1.54, 1.807) is 0 Å². The molecule has 1 nitrogen and oxygen atoms in total. The highest BCUT2D eigenvalue weighted by Gasteiger charge is 2.12. The van der Waals surface area contributed by atoms with E-state index in [9.17, 15) is 0 Å². The quantitative estimate of drug-likeness (QED) is 0.399. The monoisotopic (exact) mass is 272 g/mol. The molecule has 18 heavy (non-hydrogen) atoms. The maximum atomic E-state index is 5.81. The Hall–Kier alpha value is 0.310. The number of thiol groups is 1. The number of unbranched alkanes of at least 4 members (excludes halogenated alkanes) is 6. The molecule has 0 amide bonds. The van der Waals surface area contributed by atoms with Gasteiger partial charge in [0.1, 0.15) is 0 Å². The molecule has 0 aromatic rings. The van der Waals surface area contributed by atoms with Crippen LogP contribution in [-0.4, -0.2) is 19.0 Å². The summed E-state index contributed by atoms with van der Waals surface area (Å²) in [4.78, 5) is 0. The van der Waals surface area contributed by atoms with E-state index in [1.807, 2.05) is 0 Å². The number of rotatable bonds is 11. The lowest BCUT2D eigenvalue weighted by Crippen LogP contribution is -2.13. The molecule has 0 unspecified atom stereocenters. The van der Waals surface area contributed by atoms with E-state index in [-0.39, 0.29) is 0 Å². The average Bonchev–Trinajstić information content (AvgIpc) is 2.42. The molecule has 1 saturated carbocycles. The molecule has 108 valence electrons. The number of hydrogen-bond acceptors (Lipinski definition) is 2. The van der Waals surface area contributed by atoms with E-state index in [4.69, 9.17) is 4.74 Å². The van der Waals surface area contributed by atoms with Gasteiger partial charge in [-0.3, -0.25) is 0 Å². The van der Waals surface area contributed by atoms with Gasteiger partial charge in [0, 0.05) is 13.2 Å². The molecule has 0 spiro atoms. The molecule has 0 bridgehead atoms. The van der Waals surface area contributed by atoms with E-state index in [0.717, 1.165) is 24.9 Å². The van der Waals surface area contributed by atoms with Crippen molar-refractivity contribution in [1.29, 1.82) is 0 Å². The summed E-state index contributed by atoms with van der Waals surface area (Å²) in [5.41, 5.74) is 0. The van der Waals surface area contributed by atoms with Crippen LogP contribution < -0.4 is 0 Å². The van der Waals surface area contributed by atoms with E-state index in [0.29, 0.717) is 0 Å².